The molecule has 0 spiro atoms. The predicted octanol–water partition coefficient (Wildman–Crippen LogP) is 1.58. The van der Waals surface area contributed by atoms with Gasteiger partial charge in [0.1, 0.15) is 0 Å². The van der Waals surface area contributed by atoms with Crippen LogP contribution >= 0.6 is 0 Å². The topological polar surface area (TPSA) is 46.3 Å². The Balaban J connectivity index is 2.65. The van der Waals surface area contributed by atoms with Crippen LogP contribution in [0.2, 0.25) is 0 Å². The minimum absolute atomic E-state index is 0.0475. The lowest BCUT2D eigenvalue weighted by atomic mass is 10.1. The first-order valence-electron chi connectivity index (χ1n) is 3.32. The monoisotopic (exact) mass is 141 g/mol. The molecule has 3 heteroatoms. The lowest BCUT2D eigenvalue weighted by Gasteiger charge is -1.98. The van der Waals surface area contributed by atoms with Gasteiger partial charge in [-0.3, -0.25) is 0 Å². The molecule has 0 atom stereocenters. The van der Waals surface area contributed by atoms with Crippen molar-refractivity contribution < 1.29 is 9.63 Å². The minimum atomic E-state index is -0.0475. The van der Waals surface area contributed by atoms with Gasteiger partial charge >= 0.3 is 5.95 Å². The summed E-state index contributed by atoms with van der Waals surface area (Å²) in [6.07, 6.45) is 2.37. The summed E-state index contributed by atoms with van der Waals surface area (Å²) in [5.41, 5.74) is 0.787. The number of nitrogens with zero attached hydrogens (tertiary/aromatic N) is 1. The van der Waals surface area contributed by atoms with E-state index in [-0.39, 0.29) is 5.95 Å². The molecule has 0 fully saturated rings. The average molecular weight is 141 g/mol. The molecule has 0 aliphatic heterocycles. The number of aromatic hydroxyl groups is 1. The Bertz CT molecular complexity index is 205. The van der Waals surface area contributed by atoms with E-state index in [4.69, 9.17) is 5.11 Å². The SMILES string of the molecule is CC(C)Cc1cnoc1O. The Morgan fingerprint density at radius 1 is 1.70 bits per heavy atom. The first kappa shape index (κ1) is 7.12. The molecule has 1 rings (SSSR count). The fourth-order valence-electron chi connectivity index (χ4n) is 0.834. The standard InChI is InChI=1S/C7H11NO2/c1-5(2)3-6-4-8-10-7(6)9/h4-5,9H,3H2,1-2H3. The molecule has 0 aromatic carbocycles. The van der Waals surface area contributed by atoms with Crippen LogP contribution in [0.4, 0.5) is 0 Å². The summed E-state index contributed by atoms with van der Waals surface area (Å²) in [6, 6.07) is 0. The average Bonchev–Trinajstić information content (AvgIpc) is 2.15. The van der Waals surface area contributed by atoms with Crippen molar-refractivity contribution in [1.29, 1.82) is 0 Å². The molecule has 0 saturated carbocycles. The van der Waals surface area contributed by atoms with Crippen molar-refractivity contribution in [2.24, 2.45) is 5.92 Å². The maximum atomic E-state index is 8.97. The summed E-state index contributed by atoms with van der Waals surface area (Å²) >= 11 is 0. The summed E-state index contributed by atoms with van der Waals surface area (Å²) < 4.78 is 4.47. The van der Waals surface area contributed by atoms with Crippen LogP contribution in [-0.2, 0) is 6.42 Å². The van der Waals surface area contributed by atoms with E-state index in [1.807, 2.05) is 0 Å². The van der Waals surface area contributed by atoms with Gasteiger partial charge in [-0.2, -0.15) is 0 Å². The van der Waals surface area contributed by atoms with Crippen molar-refractivity contribution in [3.8, 4) is 5.95 Å². The largest absolute Gasteiger partial charge is 0.479 e. The molecule has 0 saturated heterocycles. The molecule has 0 aliphatic carbocycles. The molecule has 0 amide bonds. The molecule has 1 heterocycles. The van der Waals surface area contributed by atoms with Crippen LogP contribution in [0.5, 0.6) is 5.95 Å². The fraction of sp³-hybridized carbons (Fsp3) is 0.571. The molecule has 0 bridgehead atoms. The third-order valence-corrected chi connectivity index (χ3v) is 1.25. The van der Waals surface area contributed by atoms with Crippen molar-refractivity contribution in [3.05, 3.63) is 11.8 Å². The fourth-order valence-corrected chi connectivity index (χ4v) is 0.834. The van der Waals surface area contributed by atoms with E-state index in [1.165, 1.54) is 0 Å². The lowest BCUT2D eigenvalue weighted by molar-refractivity contribution is 0.274. The van der Waals surface area contributed by atoms with E-state index < -0.39 is 0 Å². The molecule has 3 nitrogen and oxygen atoms in total. The van der Waals surface area contributed by atoms with Gasteiger partial charge < -0.3 is 9.63 Å². The number of hydrogen-bond acceptors (Lipinski definition) is 3. The molecule has 1 aromatic rings. The third-order valence-electron chi connectivity index (χ3n) is 1.25. The third kappa shape index (κ3) is 1.50. The van der Waals surface area contributed by atoms with Gasteiger partial charge in [-0.15, -0.1) is 0 Å². The van der Waals surface area contributed by atoms with Gasteiger partial charge in [0.15, 0.2) is 0 Å². The van der Waals surface area contributed by atoms with Crippen LogP contribution in [0.1, 0.15) is 19.4 Å². The second kappa shape index (κ2) is 2.73. The van der Waals surface area contributed by atoms with Gasteiger partial charge in [-0.25, -0.2) is 0 Å². The zero-order valence-electron chi connectivity index (χ0n) is 6.16. The van der Waals surface area contributed by atoms with Crippen molar-refractivity contribution in [3.63, 3.8) is 0 Å². The van der Waals surface area contributed by atoms with Crippen molar-refractivity contribution >= 4 is 0 Å². The maximum absolute atomic E-state index is 8.97. The first-order chi connectivity index (χ1) is 4.70. The second-order valence-corrected chi connectivity index (χ2v) is 2.75. The normalized spacial score (nSPS) is 10.7. The Morgan fingerprint density at radius 3 is 2.80 bits per heavy atom. The van der Waals surface area contributed by atoms with E-state index in [9.17, 15) is 0 Å². The van der Waals surface area contributed by atoms with Crippen LogP contribution in [0.25, 0.3) is 0 Å². The van der Waals surface area contributed by atoms with Gasteiger partial charge in [0.25, 0.3) is 0 Å². The molecule has 0 radical (unpaired) electrons. The minimum Gasteiger partial charge on any atom is -0.479 e. The Labute approximate surface area is 59.7 Å². The zero-order chi connectivity index (χ0) is 7.56. The second-order valence-electron chi connectivity index (χ2n) is 2.75. The van der Waals surface area contributed by atoms with E-state index in [0.717, 1.165) is 12.0 Å². The number of aromatic nitrogens is 1. The highest BCUT2D eigenvalue weighted by Gasteiger charge is 2.06. The molecular weight excluding hydrogens is 130 g/mol. The van der Waals surface area contributed by atoms with Gasteiger partial charge in [-0.1, -0.05) is 19.0 Å². The van der Waals surface area contributed by atoms with E-state index in [1.54, 1.807) is 6.20 Å². The summed E-state index contributed by atoms with van der Waals surface area (Å²) in [5.74, 6) is 0.471. The van der Waals surface area contributed by atoms with E-state index in [0.29, 0.717) is 5.92 Å². The maximum Gasteiger partial charge on any atom is 0.311 e. The van der Waals surface area contributed by atoms with Gasteiger partial charge in [0, 0.05) is 0 Å². The van der Waals surface area contributed by atoms with Crippen molar-refractivity contribution in [2.75, 3.05) is 0 Å². The molecule has 1 N–H and O–H groups in total. The Kier molecular flexibility index (Phi) is 1.94. The highest BCUT2D eigenvalue weighted by Crippen LogP contribution is 2.18. The van der Waals surface area contributed by atoms with Crippen LogP contribution in [-0.4, -0.2) is 10.3 Å². The highest BCUT2D eigenvalue weighted by atomic mass is 16.5. The van der Waals surface area contributed by atoms with Crippen molar-refractivity contribution in [2.45, 2.75) is 20.3 Å². The van der Waals surface area contributed by atoms with Gasteiger partial charge in [0.05, 0.1) is 11.8 Å². The lowest BCUT2D eigenvalue weighted by Crippen LogP contribution is -1.91. The van der Waals surface area contributed by atoms with E-state index in [2.05, 4.69) is 23.5 Å². The van der Waals surface area contributed by atoms with Crippen LogP contribution in [0.15, 0.2) is 10.7 Å². The number of rotatable bonds is 2. The smallest absolute Gasteiger partial charge is 0.311 e. The molecule has 56 valence electrons. The van der Waals surface area contributed by atoms with Crippen LogP contribution in [0, 0.1) is 5.92 Å². The molecule has 1 aromatic heterocycles. The molecule has 0 aliphatic rings. The molecule has 10 heavy (non-hydrogen) atoms. The summed E-state index contributed by atoms with van der Waals surface area (Å²) in [7, 11) is 0. The summed E-state index contributed by atoms with van der Waals surface area (Å²) in [5, 5.41) is 12.4. The summed E-state index contributed by atoms with van der Waals surface area (Å²) in [6.45, 7) is 4.15. The van der Waals surface area contributed by atoms with Gasteiger partial charge in [-0.05, 0) is 12.3 Å². The number of hydrogen-bond donors (Lipinski definition) is 1. The Morgan fingerprint density at radius 2 is 2.40 bits per heavy atom. The summed E-state index contributed by atoms with van der Waals surface area (Å²) in [4.78, 5) is 0. The van der Waals surface area contributed by atoms with Gasteiger partial charge in [0.2, 0.25) is 0 Å². The zero-order valence-corrected chi connectivity index (χ0v) is 6.16. The predicted molar refractivity (Wildman–Crippen MR) is 36.7 cm³/mol. The highest BCUT2D eigenvalue weighted by molar-refractivity contribution is 5.17. The van der Waals surface area contributed by atoms with Crippen LogP contribution in [0.3, 0.4) is 0 Å². The first-order valence-corrected chi connectivity index (χ1v) is 3.32. The quantitative estimate of drug-likeness (QED) is 0.680. The van der Waals surface area contributed by atoms with Crippen LogP contribution < -0.4 is 0 Å². The van der Waals surface area contributed by atoms with Crippen molar-refractivity contribution in [1.82, 2.24) is 5.16 Å². The Hall–Kier alpha value is -0.990. The molecule has 0 unspecified atom stereocenters. The molecular formula is C7H11NO2. The van der Waals surface area contributed by atoms with E-state index >= 15 is 0 Å².